The third-order valence-corrected chi connectivity index (χ3v) is 3.66. The average Bonchev–Trinajstić information content (AvgIpc) is 2.83. The van der Waals surface area contributed by atoms with Gasteiger partial charge in [0.05, 0.1) is 17.6 Å². The molecule has 0 aliphatic heterocycles. The quantitative estimate of drug-likeness (QED) is 0.888. The summed E-state index contributed by atoms with van der Waals surface area (Å²) in [6.07, 6.45) is 6.56. The molecule has 0 atom stereocenters. The normalized spacial score (nSPS) is 14.7. The molecule has 5 nitrogen and oxygen atoms in total. The molecule has 2 N–H and O–H groups in total. The minimum atomic E-state index is -0.981. The van der Waals surface area contributed by atoms with Crippen LogP contribution in [0.5, 0.6) is 0 Å². The summed E-state index contributed by atoms with van der Waals surface area (Å²) in [6, 6.07) is 7.88. The first kappa shape index (κ1) is 15.1. The van der Waals surface area contributed by atoms with Gasteiger partial charge in [0.15, 0.2) is 0 Å². The average molecular weight is 310 g/mol. The van der Waals surface area contributed by atoms with Crippen LogP contribution >= 0.6 is 0 Å². The van der Waals surface area contributed by atoms with Crippen molar-refractivity contribution >= 4 is 17.0 Å². The Balaban J connectivity index is 1.84. The first-order valence-corrected chi connectivity index (χ1v) is 7.57. The van der Waals surface area contributed by atoms with Crippen molar-refractivity contribution in [3.8, 4) is 0 Å². The smallest absolute Gasteiger partial charge is 0.339 e. The number of aromatic nitrogens is 2. The Hall–Kier alpha value is -2.82. The van der Waals surface area contributed by atoms with Crippen LogP contribution < -0.4 is 0 Å². The van der Waals surface area contributed by atoms with Crippen molar-refractivity contribution in [2.45, 2.75) is 19.8 Å². The fourth-order valence-corrected chi connectivity index (χ4v) is 2.59. The number of carboxylic acid groups (broad SMARTS) is 1. The number of benzene rings is 1. The van der Waals surface area contributed by atoms with Gasteiger partial charge in [0.2, 0.25) is 0 Å². The molecule has 0 amide bonds. The molecule has 0 unspecified atom stereocenters. The van der Waals surface area contributed by atoms with Crippen molar-refractivity contribution in [2.75, 3.05) is 6.61 Å². The molecule has 1 aromatic heterocycles. The van der Waals surface area contributed by atoms with E-state index in [1.54, 1.807) is 6.08 Å². The van der Waals surface area contributed by atoms with Crippen molar-refractivity contribution in [1.82, 2.24) is 9.97 Å². The largest absolute Gasteiger partial charge is 0.493 e. The van der Waals surface area contributed by atoms with Gasteiger partial charge in [-0.25, -0.2) is 9.78 Å². The molecule has 0 radical (unpaired) electrons. The Kier molecular flexibility index (Phi) is 4.28. The van der Waals surface area contributed by atoms with Crippen molar-refractivity contribution in [3.63, 3.8) is 0 Å². The minimum Gasteiger partial charge on any atom is -0.493 e. The van der Waals surface area contributed by atoms with Crippen molar-refractivity contribution in [3.05, 3.63) is 65.2 Å². The number of allylic oxidation sites excluding steroid dienone is 4. The molecule has 0 spiro atoms. The number of fused-ring (bicyclic) bond motifs is 1. The molecule has 5 heteroatoms. The standard InChI is InChI=1S/C18H18N2O3/c1-2-23-16-10-8-12(7-9-13(16)18(21)22)11-17-19-14-5-3-4-6-15(14)20-17/h3-7,9-10H,2,8,11H2,1H3,(H,19,20)(H,21,22). The fraction of sp³-hybridized carbons (Fsp3) is 0.222. The second-order valence-electron chi connectivity index (χ2n) is 5.29. The number of imidazole rings is 1. The third-order valence-electron chi connectivity index (χ3n) is 3.66. The van der Waals surface area contributed by atoms with Gasteiger partial charge < -0.3 is 14.8 Å². The van der Waals surface area contributed by atoms with E-state index in [2.05, 4.69) is 9.97 Å². The van der Waals surface area contributed by atoms with Gasteiger partial charge in [-0.1, -0.05) is 23.8 Å². The Labute approximate surface area is 134 Å². The van der Waals surface area contributed by atoms with Gasteiger partial charge in [-0.3, -0.25) is 0 Å². The molecule has 0 bridgehead atoms. The van der Waals surface area contributed by atoms with E-state index in [1.165, 1.54) is 0 Å². The zero-order valence-electron chi connectivity index (χ0n) is 12.9. The summed E-state index contributed by atoms with van der Waals surface area (Å²) >= 11 is 0. The van der Waals surface area contributed by atoms with Gasteiger partial charge in [-0.05, 0) is 37.6 Å². The first-order chi connectivity index (χ1) is 11.2. The summed E-state index contributed by atoms with van der Waals surface area (Å²) in [5, 5.41) is 9.29. The first-order valence-electron chi connectivity index (χ1n) is 7.57. The van der Waals surface area contributed by atoms with E-state index in [0.29, 0.717) is 25.2 Å². The van der Waals surface area contributed by atoms with Gasteiger partial charge >= 0.3 is 5.97 Å². The van der Waals surface area contributed by atoms with Crippen LogP contribution in [0.3, 0.4) is 0 Å². The maximum Gasteiger partial charge on any atom is 0.339 e. The van der Waals surface area contributed by atoms with E-state index < -0.39 is 5.97 Å². The molecular formula is C18H18N2O3. The van der Waals surface area contributed by atoms with E-state index in [9.17, 15) is 9.90 Å². The number of hydrogen-bond acceptors (Lipinski definition) is 3. The number of ether oxygens (including phenoxy) is 1. The number of nitrogens with one attached hydrogen (secondary N) is 1. The van der Waals surface area contributed by atoms with Gasteiger partial charge in [0, 0.05) is 6.42 Å². The topological polar surface area (TPSA) is 75.2 Å². The second kappa shape index (κ2) is 6.52. The van der Waals surface area contributed by atoms with Crippen LogP contribution in [0.15, 0.2) is 59.4 Å². The molecule has 23 heavy (non-hydrogen) atoms. The van der Waals surface area contributed by atoms with Crippen molar-refractivity contribution < 1.29 is 14.6 Å². The van der Waals surface area contributed by atoms with Gasteiger partial charge in [-0.15, -0.1) is 0 Å². The molecule has 0 saturated heterocycles. The number of carbonyl (C=O) groups is 1. The molecule has 1 aliphatic rings. The van der Waals surface area contributed by atoms with Crippen LogP contribution in [0.1, 0.15) is 19.2 Å². The number of nitrogens with zero attached hydrogens (tertiary/aromatic N) is 1. The summed E-state index contributed by atoms with van der Waals surface area (Å²) in [5.41, 5.74) is 3.21. The number of para-hydroxylation sites is 2. The Morgan fingerprint density at radius 3 is 2.91 bits per heavy atom. The van der Waals surface area contributed by atoms with E-state index >= 15 is 0 Å². The van der Waals surface area contributed by atoms with Crippen LogP contribution in [0.2, 0.25) is 0 Å². The Morgan fingerprint density at radius 2 is 2.17 bits per heavy atom. The highest BCUT2D eigenvalue weighted by molar-refractivity contribution is 5.91. The van der Waals surface area contributed by atoms with Crippen LogP contribution in [0.25, 0.3) is 11.0 Å². The van der Waals surface area contributed by atoms with E-state index in [0.717, 1.165) is 22.4 Å². The Morgan fingerprint density at radius 1 is 1.35 bits per heavy atom. The third kappa shape index (κ3) is 3.34. The van der Waals surface area contributed by atoms with Crippen molar-refractivity contribution in [1.29, 1.82) is 0 Å². The number of aliphatic carboxylic acids is 1. The number of H-pyrrole nitrogens is 1. The molecule has 118 valence electrons. The zero-order chi connectivity index (χ0) is 16.2. The lowest BCUT2D eigenvalue weighted by Crippen LogP contribution is -2.06. The Bertz CT molecular complexity index is 795. The number of carboxylic acids is 1. The SMILES string of the molecule is CCOC1=CCC(Cc2nc3ccccc3[nH]2)=CC=C1C(=O)O. The van der Waals surface area contributed by atoms with E-state index in [-0.39, 0.29) is 5.57 Å². The monoisotopic (exact) mass is 310 g/mol. The predicted octanol–water partition coefficient (Wildman–Crippen LogP) is 3.37. The lowest BCUT2D eigenvalue weighted by molar-refractivity contribution is -0.132. The van der Waals surface area contributed by atoms with Gasteiger partial charge in [0.25, 0.3) is 0 Å². The molecule has 2 aromatic rings. The number of rotatable bonds is 5. The van der Waals surface area contributed by atoms with Crippen LogP contribution in [0.4, 0.5) is 0 Å². The van der Waals surface area contributed by atoms with Crippen LogP contribution in [-0.4, -0.2) is 27.7 Å². The summed E-state index contributed by atoms with van der Waals surface area (Å²) in [6.45, 7) is 2.28. The summed E-state index contributed by atoms with van der Waals surface area (Å²) in [5.74, 6) is 0.317. The summed E-state index contributed by atoms with van der Waals surface area (Å²) in [4.78, 5) is 19.2. The highest BCUT2D eigenvalue weighted by Crippen LogP contribution is 2.22. The molecule has 3 rings (SSSR count). The van der Waals surface area contributed by atoms with E-state index in [4.69, 9.17) is 4.74 Å². The number of aromatic amines is 1. The lowest BCUT2D eigenvalue weighted by Gasteiger charge is -2.07. The van der Waals surface area contributed by atoms with E-state index in [1.807, 2.05) is 43.3 Å². The summed E-state index contributed by atoms with van der Waals surface area (Å²) < 4.78 is 5.44. The molecule has 0 saturated carbocycles. The number of hydrogen-bond donors (Lipinski definition) is 2. The van der Waals surface area contributed by atoms with Crippen molar-refractivity contribution in [2.24, 2.45) is 0 Å². The zero-order valence-corrected chi connectivity index (χ0v) is 12.9. The lowest BCUT2D eigenvalue weighted by atomic mass is 10.1. The predicted molar refractivity (Wildman–Crippen MR) is 87.9 cm³/mol. The maximum absolute atomic E-state index is 11.3. The minimum absolute atomic E-state index is 0.187. The highest BCUT2D eigenvalue weighted by Gasteiger charge is 2.16. The molecule has 1 heterocycles. The van der Waals surface area contributed by atoms with Crippen LogP contribution in [0, 0.1) is 0 Å². The molecule has 1 aliphatic carbocycles. The fourth-order valence-electron chi connectivity index (χ4n) is 2.59. The van der Waals surface area contributed by atoms with Crippen LogP contribution in [-0.2, 0) is 16.0 Å². The molecular weight excluding hydrogens is 292 g/mol. The second-order valence-corrected chi connectivity index (χ2v) is 5.29. The maximum atomic E-state index is 11.3. The van der Waals surface area contributed by atoms with Gasteiger partial charge in [-0.2, -0.15) is 0 Å². The highest BCUT2D eigenvalue weighted by atomic mass is 16.5. The summed E-state index contributed by atoms with van der Waals surface area (Å²) in [7, 11) is 0. The molecule has 1 aromatic carbocycles. The van der Waals surface area contributed by atoms with Gasteiger partial charge in [0.1, 0.15) is 17.2 Å². The molecule has 0 fully saturated rings.